The molecule has 5 aromatic rings. The van der Waals surface area contributed by atoms with Gasteiger partial charge in [0.25, 0.3) is 5.56 Å². The molecule has 9 heteroatoms. The van der Waals surface area contributed by atoms with E-state index in [1.807, 2.05) is 42.5 Å². The van der Waals surface area contributed by atoms with E-state index in [0.717, 1.165) is 34.2 Å². The Hall–Kier alpha value is -4.37. The number of hydrogen-bond donors (Lipinski definition) is 1. The summed E-state index contributed by atoms with van der Waals surface area (Å²) in [5, 5.41) is 13.5. The third kappa shape index (κ3) is 5.63. The van der Waals surface area contributed by atoms with E-state index >= 15 is 0 Å². The highest BCUT2D eigenvalue weighted by molar-refractivity contribution is 5.80. The average molecular weight is 513 g/mol. The molecule has 0 aliphatic rings. The predicted molar refractivity (Wildman–Crippen MR) is 143 cm³/mol. The van der Waals surface area contributed by atoms with Crippen LogP contribution in [0.5, 0.6) is 5.75 Å². The largest absolute Gasteiger partial charge is 0.497 e. The first-order chi connectivity index (χ1) is 18.5. The number of aromatic nitrogens is 5. The van der Waals surface area contributed by atoms with Gasteiger partial charge in [0.15, 0.2) is 5.82 Å². The van der Waals surface area contributed by atoms with Crippen molar-refractivity contribution >= 4 is 10.9 Å². The normalized spacial score (nSPS) is 12.2. The Balaban J connectivity index is 1.51. The minimum atomic E-state index is -0.288. The van der Waals surface area contributed by atoms with Crippen molar-refractivity contribution in [1.29, 1.82) is 0 Å². The van der Waals surface area contributed by atoms with Crippen molar-refractivity contribution in [2.24, 2.45) is 0 Å². The maximum atomic E-state index is 13.4. The van der Waals surface area contributed by atoms with Gasteiger partial charge in [-0.25, -0.2) is 9.07 Å². The molecule has 0 spiro atoms. The van der Waals surface area contributed by atoms with Gasteiger partial charge in [0.2, 0.25) is 0 Å². The number of H-pyrrole nitrogens is 1. The van der Waals surface area contributed by atoms with Crippen molar-refractivity contribution in [2.75, 3.05) is 7.11 Å². The van der Waals surface area contributed by atoms with Crippen LogP contribution in [0.1, 0.15) is 41.9 Å². The van der Waals surface area contributed by atoms with Crippen molar-refractivity contribution in [3.05, 3.63) is 118 Å². The lowest BCUT2D eigenvalue weighted by Crippen LogP contribution is -2.32. The Morgan fingerprint density at radius 2 is 1.79 bits per heavy atom. The first-order valence-corrected chi connectivity index (χ1v) is 12.5. The van der Waals surface area contributed by atoms with Crippen LogP contribution in [-0.4, -0.2) is 37.2 Å². The molecule has 3 aromatic carbocycles. The molecule has 0 bridgehead atoms. The average Bonchev–Trinajstić information content (AvgIpc) is 3.38. The van der Waals surface area contributed by atoms with E-state index in [0.29, 0.717) is 31.0 Å². The molecule has 0 saturated heterocycles. The molecule has 0 amide bonds. The van der Waals surface area contributed by atoms with Crippen LogP contribution in [0.2, 0.25) is 0 Å². The van der Waals surface area contributed by atoms with Crippen LogP contribution in [0.25, 0.3) is 10.9 Å². The number of nitrogens with one attached hydrogen (secondary N) is 1. The zero-order chi connectivity index (χ0) is 26.5. The Morgan fingerprint density at radius 1 is 1.00 bits per heavy atom. The zero-order valence-corrected chi connectivity index (χ0v) is 21.3. The predicted octanol–water partition coefficient (Wildman–Crippen LogP) is 4.86. The number of tetrazole rings is 1. The highest BCUT2D eigenvalue weighted by atomic mass is 19.1. The molecule has 0 radical (unpaired) electrons. The summed E-state index contributed by atoms with van der Waals surface area (Å²) in [5.41, 5.74) is 3.26. The Labute approximate surface area is 219 Å². The minimum absolute atomic E-state index is 0.138. The van der Waals surface area contributed by atoms with Crippen LogP contribution in [0, 0.1) is 5.82 Å². The summed E-state index contributed by atoms with van der Waals surface area (Å²) in [6.07, 6.45) is 0.718. The minimum Gasteiger partial charge on any atom is -0.497 e. The van der Waals surface area contributed by atoms with Gasteiger partial charge >= 0.3 is 0 Å². The summed E-state index contributed by atoms with van der Waals surface area (Å²) >= 11 is 0. The lowest BCUT2D eigenvalue weighted by molar-refractivity contribution is 0.161. The number of fused-ring (bicyclic) bond motifs is 1. The lowest BCUT2D eigenvalue weighted by atomic mass is 10.1. The third-order valence-electron chi connectivity index (χ3n) is 6.66. The maximum absolute atomic E-state index is 13.4. The van der Waals surface area contributed by atoms with Crippen LogP contribution in [-0.2, 0) is 19.6 Å². The molecule has 0 unspecified atom stereocenters. The molecular weight excluding hydrogens is 483 g/mol. The van der Waals surface area contributed by atoms with Crippen molar-refractivity contribution in [3.8, 4) is 5.75 Å². The summed E-state index contributed by atoms with van der Waals surface area (Å²) in [5.74, 6) is 1.12. The Morgan fingerprint density at radius 3 is 2.53 bits per heavy atom. The zero-order valence-electron chi connectivity index (χ0n) is 21.3. The molecule has 0 fully saturated rings. The van der Waals surface area contributed by atoms with Gasteiger partial charge in [0.05, 0.1) is 19.7 Å². The number of rotatable bonds is 10. The van der Waals surface area contributed by atoms with Crippen molar-refractivity contribution in [3.63, 3.8) is 0 Å². The van der Waals surface area contributed by atoms with E-state index in [1.54, 1.807) is 23.9 Å². The molecule has 38 heavy (non-hydrogen) atoms. The highest BCUT2D eigenvalue weighted by Crippen LogP contribution is 2.27. The van der Waals surface area contributed by atoms with Crippen molar-refractivity contribution in [2.45, 2.75) is 39.0 Å². The van der Waals surface area contributed by atoms with Gasteiger partial charge in [-0.2, -0.15) is 0 Å². The third-order valence-corrected chi connectivity index (χ3v) is 6.66. The van der Waals surface area contributed by atoms with E-state index in [-0.39, 0.29) is 17.4 Å². The number of nitrogens with zero attached hydrogens (tertiary/aromatic N) is 5. The quantitative estimate of drug-likeness (QED) is 0.287. The molecule has 2 heterocycles. The Bertz CT molecular complexity index is 1570. The van der Waals surface area contributed by atoms with Crippen LogP contribution in [0.15, 0.2) is 83.7 Å². The monoisotopic (exact) mass is 512 g/mol. The van der Waals surface area contributed by atoms with Gasteiger partial charge in [0, 0.05) is 29.6 Å². The summed E-state index contributed by atoms with van der Waals surface area (Å²) in [6.45, 7) is 3.47. The number of benzene rings is 3. The number of ether oxygens (including phenoxy) is 1. The fourth-order valence-corrected chi connectivity index (χ4v) is 4.72. The van der Waals surface area contributed by atoms with E-state index in [4.69, 9.17) is 4.74 Å². The number of halogens is 1. The second kappa shape index (κ2) is 11.4. The first kappa shape index (κ1) is 25.3. The molecule has 194 valence electrons. The second-order valence-electron chi connectivity index (χ2n) is 9.21. The molecule has 8 nitrogen and oxygen atoms in total. The summed E-state index contributed by atoms with van der Waals surface area (Å²) in [7, 11) is 1.62. The van der Waals surface area contributed by atoms with Gasteiger partial charge in [-0.3, -0.25) is 9.69 Å². The lowest BCUT2D eigenvalue weighted by Gasteiger charge is -2.30. The highest BCUT2D eigenvalue weighted by Gasteiger charge is 2.26. The fraction of sp³-hybridized carbons (Fsp3) is 0.241. The smallest absolute Gasteiger partial charge is 0.252 e. The first-order valence-electron chi connectivity index (χ1n) is 12.5. The van der Waals surface area contributed by atoms with Crippen LogP contribution >= 0.6 is 0 Å². The van der Waals surface area contributed by atoms with E-state index in [1.165, 1.54) is 12.1 Å². The topological polar surface area (TPSA) is 88.9 Å². The molecular formula is C29H29FN6O2. The van der Waals surface area contributed by atoms with Crippen LogP contribution in [0.3, 0.4) is 0 Å². The fourth-order valence-electron chi connectivity index (χ4n) is 4.72. The van der Waals surface area contributed by atoms with E-state index in [2.05, 4.69) is 44.5 Å². The summed E-state index contributed by atoms with van der Waals surface area (Å²) < 4.78 is 20.6. The van der Waals surface area contributed by atoms with Crippen LogP contribution in [0.4, 0.5) is 4.39 Å². The van der Waals surface area contributed by atoms with Crippen molar-refractivity contribution in [1.82, 2.24) is 30.1 Å². The van der Waals surface area contributed by atoms with E-state index in [9.17, 15) is 9.18 Å². The summed E-state index contributed by atoms with van der Waals surface area (Å²) in [4.78, 5) is 18.3. The molecule has 5 rings (SSSR count). The van der Waals surface area contributed by atoms with Crippen molar-refractivity contribution < 1.29 is 9.13 Å². The van der Waals surface area contributed by atoms with E-state index < -0.39 is 0 Å². The van der Waals surface area contributed by atoms with Gasteiger partial charge in [-0.05, 0) is 64.4 Å². The SMILES string of the molecule is CC[C@H](c1nnnn1Cc1ccc(F)cc1)N(Cc1ccccc1)Cc1cc2cc(OC)ccc2[nH]c1=O. The van der Waals surface area contributed by atoms with Gasteiger partial charge < -0.3 is 9.72 Å². The standard InChI is InChI=1S/C29H29FN6O2/c1-3-27(28-32-33-34-36(28)18-21-9-11-24(30)12-10-21)35(17-20-7-5-4-6-8-20)19-23-15-22-16-25(38-2)13-14-26(22)31-29(23)37/h4-16,27H,3,17-19H2,1-2H3,(H,31,37)/t27-/m1/s1. The molecule has 0 aliphatic carbocycles. The number of hydrogen-bond acceptors (Lipinski definition) is 6. The summed E-state index contributed by atoms with van der Waals surface area (Å²) in [6, 6.07) is 23.8. The second-order valence-corrected chi connectivity index (χ2v) is 9.21. The number of aromatic amines is 1. The van der Waals surface area contributed by atoms with Crippen LogP contribution < -0.4 is 10.3 Å². The maximum Gasteiger partial charge on any atom is 0.252 e. The van der Waals surface area contributed by atoms with Gasteiger partial charge in [0.1, 0.15) is 11.6 Å². The number of methoxy groups -OCH3 is 1. The molecule has 1 N–H and O–H groups in total. The molecule has 2 aromatic heterocycles. The molecule has 0 aliphatic heterocycles. The molecule has 0 saturated carbocycles. The Kier molecular flexibility index (Phi) is 7.55. The van der Waals surface area contributed by atoms with Gasteiger partial charge in [-0.1, -0.05) is 49.4 Å². The number of pyridine rings is 1. The van der Waals surface area contributed by atoms with Gasteiger partial charge in [-0.15, -0.1) is 5.10 Å². The molecule has 1 atom stereocenters.